The van der Waals surface area contributed by atoms with Crippen LogP contribution in [0.4, 0.5) is 0 Å². The average Bonchev–Trinajstić information content (AvgIpc) is 2.41. The molecule has 1 aromatic carbocycles. The summed E-state index contributed by atoms with van der Waals surface area (Å²) in [4.78, 5) is 12.1. The van der Waals surface area contributed by atoms with Crippen molar-refractivity contribution in [3.63, 3.8) is 0 Å². The van der Waals surface area contributed by atoms with Gasteiger partial charge in [-0.3, -0.25) is 4.79 Å². The summed E-state index contributed by atoms with van der Waals surface area (Å²) in [6.45, 7) is 5.72. The molecule has 2 N–H and O–H groups in total. The lowest BCUT2D eigenvalue weighted by atomic mass is 10.1. The van der Waals surface area contributed by atoms with E-state index in [1.54, 1.807) is 0 Å². The van der Waals surface area contributed by atoms with Gasteiger partial charge in [0.2, 0.25) is 5.91 Å². The van der Waals surface area contributed by atoms with Crippen LogP contribution in [0.3, 0.4) is 0 Å². The molecule has 0 saturated heterocycles. The third-order valence-corrected chi connectivity index (χ3v) is 2.88. The molecular formula is C15H24N2O. The Morgan fingerprint density at radius 1 is 1.17 bits per heavy atom. The maximum Gasteiger partial charge on any atom is 0.241 e. The third kappa shape index (κ3) is 4.88. The molecule has 1 atom stereocenters. The molecule has 1 rings (SSSR count). The fraction of sp³-hybridized carbons (Fsp3) is 0.533. The van der Waals surface area contributed by atoms with Crippen molar-refractivity contribution in [1.82, 2.24) is 10.6 Å². The molecule has 0 saturated carbocycles. The lowest BCUT2D eigenvalue weighted by molar-refractivity contribution is -0.123. The van der Waals surface area contributed by atoms with Gasteiger partial charge in [-0.15, -0.1) is 0 Å². The van der Waals surface area contributed by atoms with Crippen LogP contribution in [-0.2, 0) is 4.79 Å². The first-order valence-corrected chi connectivity index (χ1v) is 6.85. The summed E-state index contributed by atoms with van der Waals surface area (Å²) in [6, 6.07) is 9.62. The Labute approximate surface area is 110 Å². The Hall–Kier alpha value is -1.35. The van der Waals surface area contributed by atoms with E-state index in [0.717, 1.165) is 31.5 Å². The molecule has 0 spiro atoms. The molecule has 100 valence electrons. The van der Waals surface area contributed by atoms with Crippen molar-refractivity contribution >= 4 is 5.91 Å². The Balaban J connectivity index is 2.53. The number of hydrogen-bond acceptors (Lipinski definition) is 2. The third-order valence-electron chi connectivity index (χ3n) is 2.88. The number of rotatable bonds is 8. The lowest BCUT2D eigenvalue weighted by Gasteiger charge is -2.17. The largest absolute Gasteiger partial charge is 0.354 e. The number of benzene rings is 1. The van der Waals surface area contributed by atoms with E-state index >= 15 is 0 Å². The molecule has 0 aliphatic rings. The van der Waals surface area contributed by atoms with E-state index < -0.39 is 0 Å². The molecule has 1 aromatic rings. The summed E-state index contributed by atoms with van der Waals surface area (Å²) in [5, 5.41) is 6.23. The highest BCUT2D eigenvalue weighted by Crippen LogP contribution is 2.12. The van der Waals surface area contributed by atoms with E-state index in [2.05, 4.69) is 17.6 Å². The minimum Gasteiger partial charge on any atom is -0.354 e. The van der Waals surface area contributed by atoms with E-state index in [9.17, 15) is 4.79 Å². The van der Waals surface area contributed by atoms with Crippen LogP contribution in [0.1, 0.15) is 44.7 Å². The second-order valence-electron chi connectivity index (χ2n) is 4.40. The minimum absolute atomic E-state index is 0.0687. The lowest BCUT2D eigenvalue weighted by Crippen LogP contribution is -2.37. The molecular weight excluding hydrogens is 224 g/mol. The summed E-state index contributed by atoms with van der Waals surface area (Å²) in [7, 11) is 0. The molecule has 0 heterocycles. The molecule has 3 nitrogen and oxygen atoms in total. The molecule has 1 unspecified atom stereocenters. The smallest absolute Gasteiger partial charge is 0.241 e. The van der Waals surface area contributed by atoms with E-state index in [4.69, 9.17) is 0 Å². The van der Waals surface area contributed by atoms with Gasteiger partial charge in [0.1, 0.15) is 6.04 Å². The fourth-order valence-corrected chi connectivity index (χ4v) is 1.90. The van der Waals surface area contributed by atoms with Crippen molar-refractivity contribution in [3.05, 3.63) is 35.9 Å². The first-order chi connectivity index (χ1) is 8.79. The van der Waals surface area contributed by atoms with Crippen LogP contribution in [0.5, 0.6) is 0 Å². The zero-order valence-electron chi connectivity index (χ0n) is 11.4. The maximum atomic E-state index is 12.1. The Kier molecular flexibility index (Phi) is 7.11. The maximum absolute atomic E-state index is 12.1. The van der Waals surface area contributed by atoms with Gasteiger partial charge in [-0.05, 0) is 18.5 Å². The summed E-state index contributed by atoms with van der Waals surface area (Å²) in [5.74, 6) is 0.0687. The van der Waals surface area contributed by atoms with Gasteiger partial charge in [0, 0.05) is 6.54 Å². The number of likely N-dealkylation sites (N-methyl/N-ethyl adjacent to an activating group) is 1. The van der Waals surface area contributed by atoms with Crippen molar-refractivity contribution in [1.29, 1.82) is 0 Å². The second-order valence-corrected chi connectivity index (χ2v) is 4.40. The average molecular weight is 248 g/mol. The van der Waals surface area contributed by atoms with Crippen molar-refractivity contribution in [3.8, 4) is 0 Å². The molecule has 0 fully saturated rings. The van der Waals surface area contributed by atoms with Crippen molar-refractivity contribution in [2.75, 3.05) is 13.1 Å². The summed E-state index contributed by atoms with van der Waals surface area (Å²) in [5.41, 5.74) is 1.02. The van der Waals surface area contributed by atoms with Gasteiger partial charge in [-0.2, -0.15) is 0 Å². The molecule has 18 heavy (non-hydrogen) atoms. The molecule has 0 radical (unpaired) electrons. The SMILES string of the molecule is CCCCCNC(=O)C(NCC)c1ccccc1. The van der Waals surface area contributed by atoms with Crippen molar-refractivity contribution < 1.29 is 4.79 Å². The fourth-order valence-electron chi connectivity index (χ4n) is 1.90. The van der Waals surface area contributed by atoms with Crippen LogP contribution in [0.2, 0.25) is 0 Å². The van der Waals surface area contributed by atoms with Gasteiger partial charge in [-0.1, -0.05) is 57.0 Å². The van der Waals surface area contributed by atoms with Gasteiger partial charge in [-0.25, -0.2) is 0 Å². The number of hydrogen-bond donors (Lipinski definition) is 2. The van der Waals surface area contributed by atoms with Crippen molar-refractivity contribution in [2.45, 2.75) is 39.2 Å². The zero-order chi connectivity index (χ0) is 13.2. The molecule has 1 amide bonds. The van der Waals surface area contributed by atoms with Crippen LogP contribution in [0, 0.1) is 0 Å². The highest BCUT2D eigenvalue weighted by molar-refractivity contribution is 5.83. The number of unbranched alkanes of at least 4 members (excludes halogenated alkanes) is 2. The van der Waals surface area contributed by atoms with Crippen LogP contribution < -0.4 is 10.6 Å². The number of carbonyl (C=O) groups excluding carboxylic acids is 1. The van der Waals surface area contributed by atoms with Crippen LogP contribution in [0.15, 0.2) is 30.3 Å². The second kappa shape index (κ2) is 8.70. The number of carbonyl (C=O) groups is 1. The first kappa shape index (κ1) is 14.7. The normalized spacial score (nSPS) is 12.1. The standard InChI is InChI=1S/C15H24N2O/c1-3-5-9-12-17-15(18)14(16-4-2)13-10-7-6-8-11-13/h6-8,10-11,14,16H,3-5,9,12H2,1-2H3,(H,17,18). The van der Waals surface area contributed by atoms with Gasteiger partial charge < -0.3 is 10.6 Å². The van der Waals surface area contributed by atoms with Gasteiger partial charge >= 0.3 is 0 Å². The van der Waals surface area contributed by atoms with Gasteiger partial charge in [0.15, 0.2) is 0 Å². The minimum atomic E-state index is -0.238. The highest BCUT2D eigenvalue weighted by atomic mass is 16.2. The first-order valence-electron chi connectivity index (χ1n) is 6.85. The van der Waals surface area contributed by atoms with E-state index in [1.165, 1.54) is 6.42 Å². The van der Waals surface area contributed by atoms with Crippen LogP contribution >= 0.6 is 0 Å². The van der Waals surface area contributed by atoms with E-state index in [1.807, 2.05) is 37.3 Å². The topological polar surface area (TPSA) is 41.1 Å². The predicted octanol–water partition coefficient (Wildman–Crippen LogP) is 2.64. The predicted molar refractivity (Wildman–Crippen MR) is 75.4 cm³/mol. The van der Waals surface area contributed by atoms with Crippen LogP contribution in [0.25, 0.3) is 0 Å². The Morgan fingerprint density at radius 2 is 1.89 bits per heavy atom. The van der Waals surface area contributed by atoms with E-state index in [0.29, 0.717) is 0 Å². The zero-order valence-corrected chi connectivity index (χ0v) is 11.4. The highest BCUT2D eigenvalue weighted by Gasteiger charge is 2.18. The Morgan fingerprint density at radius 3 is 2.50 bits per heavy atom. The molecule has 0 aliphatic heterocycles. The number of amides is 1. The summed E-state index contributed by atoms with van der Waals surface area (Å²) < 4.78 is 0. The summed E-state index contributed by atoms with van der Waals surface area (Å²) in [6.07, 6.45) is 3.39. The quantitative estimate of drug-likeness (QED) is 0.694. The number of nitrogens with one attached hydrogen (secondary N) is 2. The Bertz CT molecular complexity index is 338. The molecule has 3 heteroatoms. The van der Waals surface area contributed by atoms with Gasteiger partial charge in [0.05, 0.1) is 0 Å². The van der Waals surface area contributed by atoms with Crippen LogP contribution in [-0.4, -0.2) is 19.0 Å². The molecule has 0 bridgehead atoms. The van der Waals surface area contributed by atoms with Crippen molar-refractivity contribution in [2.24, 2.45) is 0 Å². The molecule has 0 aliphatic carbocycles. The monoisotopic (exact) mass is 248 g/mol. The van der Waals surface area contributed by atoms with Gasteiger partial charge in [0.25, 0.3) is 0 Å². The summed E-state index contributed by atoms with van der Waals surface area (Å²) >= 11 is 0. The molecule has 0 aromatic heterocycles. The van der Waals surface area contributed by atoms with E-state index in [-0.39, 0.29) is 11.9 Å².